The van der Waals surface area contributed by atoms with Crippen LogP contribution in [0.2, 0.25) is 0 Å². The van der Waals surface area contributed by atoms with Crippen LogP contribution in [0.15, 0.2) is 42.5 Å². The number of ether oxygens (including phenoxy) is 4. The molecular formula is C22H23NO7. The number of amides is 1. The molecule has 0 N–H and O–H groups in total. The fourth-order valence-electron chi connectivity index (χ4n) is 3.24. The highest BCUT2D eigenvalue weighted by atomic mass is 16.5. The van der Waals surface area contributed by atoms with Crippen LogP contribution in [-0.4, -0.2) is 52.1 Å². The van der Waals surface area contributed by atoms with E-state index in [1.54, 1.807) is 42.5 Å². The van der Waals surface area contributed by atoms with Crippen LogP contribution in [0.1, 0.15) is 16.8 Å². The van der Waals surface area contributed by atoms with Gasteiger partial charge in [-0.2, -0.15) is 0 Å². The summed E-state index contributed by atoms with van der Waals surface area (Å²) in [7, 11) is 4.53. The minimum absolute atomic E-state index is 0.00739. The van der Waals surface area contributed by atoms with Gasteiger partial charge in [-0.25, -0.2) is 0 Å². The van der Waals surface area contributed by atoms with Gasteiger partial charge in [0, 0.05) is 24.6 Å². The number of carbonyl (C=O) groups is 3. The summed E-state index contributed by atoms with van der Waals surface area (Å²) in [5.41, 5.74) is 0.900. The quantitative estimate of drug-likeness (QED) is 0.485. The second kappa shape index (κ2) is 9.30. The van der Waals surface area contributed by atoms with Crippen molar-refractivity contribution < 1.29 is 33.3 Å². The van der Waals surface area contributed by atoms with Crippen molar-refractivity contribution in [1.82, 2.24) is 0 Å². The van der Waals surface area contributed by atoms with Crippen LogP contribution in [0.3, 0.4) is 0 Å². The Bertz CT molecular complexity index is 956. The van der Waals surface area contributed by atoms with Crippen LogP contribution in [0.4, 0.5) is 5.69 Å². The lowest BCUT2D eigenvalue weighted by Crippen LogP contribution is -2.27. The number of ketones is 1. The van der Waals surface area contributed by atoms with E-state index in [4.69, 9.17) is 18.9 Å². The molecule has 1 saturated heterocycles. The Labute approximate surface area is 174 Å². The van der Waals surface area contributed by atoms with E-state index in [0.717, 1.165) is 0 Å². The summed E-state index contributed by atoms with van der Waals surface area (Å²) in [6, 6.07) is 11.7. The van der Waals surface area contributed by atoms with E-state index in [0.29, 0.717) is 28.5 Å². The van der Waals surface area contributed by atoms with E-state index >= 15 is 0 Å². The number of carbonyl (C=O) groups excluding carboxylic acids is 3. The van der Waals surface area contributed by atoms with Crippen LogP contribution in [-0.2, 0) is 14.3 Å². The minimum atomic E-state index is -0.675. The van der Waals surface area contributed by atoms with Crippen molar-refractivity contribution in [3.05, 3.63) is 48.0 Å². The standard InChI is InChI=1S/C22H23NO7/c1-27-16-6-4-5-14(9-16)19(24)13-30-22(26)15-10-21(25)23(12-15)18-11-17(28-2)7-8-20(18)29-3/h4-9,11,15H,10,12-13H2,1-3H3/t15-/m1/s1. The van der Waals surface area contributed by atoms with Crippen molar-refractivity contribution in [3.63, 3.8) is 0 Å². The Hall–Kier alpha value is -3.55. The molecule has 1 fully saturated rings. The number of anilines is 1. The second-order valence-corrected chi connectivity index (χ2v) is 6.71. The van der Waals surface area contributed by atoms with Crippen LogP contribution in [0.5, 0.6) is 17.2 Å². The van der Waals surface area contributed by atoms with Gasteiger partial charge < -0.3 is 23.8 Å². The molecule has 1 atom stereocenters. The Balaban J connectivity index is 1.65. The topological polar surface area (TPSA) is 91.4 Å². The molecule has 2 aromatic rings. The number of hydrogen-bond donors (Lipinski definition) is 0. The molecule has 1 heterocycles. The lowest BCUT2D eigenvalue weighted by molar-refractivity contribution is -0.147. The average molecular weight is 413 g/mol. The molecule has 158 valence electrons. The fraction of sp³-hybridized carbons (Fsp3) is 0.318. The Morgan fingerprint density at radius 2 is 1.73 bits per heavy atom. The van der Waals surface area contributed by atoms with E-state index in [1.807, 2.05) is 0 Å². The molecular weight excluding hydrogens is 390 g/mol. The summed E-state index contributed by atoms with van der Waals surface area (Å²) < 4.78 is 20.8. The molecule has 1 aliphatic heterocycles. The SMILES string of the molecule is COc1cccc(C(=O)COC(=O)[C@@H]2CC(=O)N(c3cc(OC)ccc3OC)C2)c1. The summed E-state index contributed by atoms with van der Waals surface area (Å²) in [5.74, 6) is -0.257. The number of esters is 1. The van der Waals surface area contributed by atoms with Crippen molar-refractivity contribution >= 4 is 23.3 Å². The number of benzene rings is 2. The molecule has 0 radical (unpaired) electrons. The smallest absolute Gasteiger partial charge is 0.311 e. The molecule has 1 aliphatic rings. The molecule has 0 bridgehead atoms. The van der Waals surface area contributed by atoms with E-state index in [-0.39, 0.29) is 24.7 Å². The number of Topliss-reactive ketones (excluding diaryl/α,β-unsaturated/α-hetero) is 1. The van der Waals surface area contributed by atoms with Gasteiger partial charge in [0.05, 0.1) is 32.9 Å². The summed E-state index contributed by atoms with van der Waals surface area (Å²) in [5, 5.41) is 0. The third-order valence-corrected chi connectivity index (χ3v) is 4.87. The molecule has 3 rings (SSSR count). The summed E-state index contributed by atoms with van der Waals surface area (Å²) in [4.78, 5) is 38.8. The molecule has 1 amide bonds. The molecule has 30 heavy (non-hydrogen) atoms. The van der Waals surface area contributed by atoms with Gasteiger partial charge in [-0.1, -0.05) is 12.1 Å². The molecule has 2 aromatic carbocycles. The summed E-state index contributed by atoms with van der Waals surface area (Å²) in [6.45, 7) is -0.270. The van der Waals surface area contributed by atoms with Crippen LogP contribution >= 0.6 is 0 Å². The first-order valence-electron chi connectivity index (χ1n) is 9.33. The Morgan fingerprint density at radius 1 is 1.00 bits per heavy atom. The molecule has 0 aromatic heterocycles. The minimum Gasteiger partial charge on any atom is -0.497 e. The summed E-state index contributed by atoms with van der Waals surface area (Å²) >= 11 is 0. The highest BCUT2D eigenvalue weighted by molar-refractivity contribution is 6.02. The van der Waals surface area contributed by atoms with Crippen LogP contribution in [0, 0.1) is 5.92 Å². The van der Waals surface area contributed by atoms with E-state index < -0.39 is 18.5 Å². The fourth-order valence-corrected chi connectivity index (χ4v) is 3.24. The second-order valence-electron chi connectivity index (χ2n) is 6.71. The maximum Gasteiger partial charge on any atom is 0.311 e. The van der Waals surface area contributed by atoms with Crippen molar-refractivity contribution in [2.75, 3.05) is 39.4 Å². The van der Waals surface area contributed by atoms with Gasteiger partial charge in [0.2, 0.25) is 5.91 Å². The lowest BCUT2D eigenvalue weighted by Gasteiger charge is -2.20. The Kier molecular flexibility index (Phi) is 6.56. The first-order valence-corrected chi connectivity index (χ1v) is 9.33. The lowest BCUT2D eigenvalue weighted by atomic mass is 10.1. The van der Waals surface area contributed by atoms with Gasteiger partial charge in [-0.05, 0) is 24.3 Å². The Morgan fingerprint density at radius 3 is 2.43 bits per heavy atom. The van der Waals surface area contributed by atoms with Crippen LogP contribution < -0.4 is 19.1 Å². The molecule has 0 aliphatic carbocycles. The van der Waals surface area contributed by atoms with Gasteiger partial charge in [-0.15, -0.1) is 0 Å². The number of nitrogens with zero attached hydrogens (tertiary/aromatic N) is 1. The summed E-state index contributed by atoms with van der Waals surface area (Å²) in [6.07, 6.45) is -0.00739. The third kappa shape index (κ3) is 4.53. The van der Waals surface area contributed by atoms with E-state index in [2.05, 4.69) is 0 Å². The van der Waals surface area contributed by atoms with E-state index in [9.17, 15) is 14.4 Å². The van der Waals surface area contributed by atoms with Crippen molar-refractivity contribution in [3.8, 4) is 17.2 Å². The normalized spacial score (nSPS) is 15.6. The van der Waals surface area contributed by atoms with Crippen LogP contribution in [0.25, 0.3) is 0 Å². The molecule has 0 spiro atoms. The van der Waals surface area contributed by atoms with Gasteiger partial charge in [0.15, 0.2) is 12.4 Å². The van der Waals surface area contributed by atoms with Gasteiger partial charge in [0.1, 0.15) is 17.2 Å². The molecule has 8 heteroatoms. The molecule has 0 unspecified atom stereocenters. The monoisotopic (exact) mass is 413 g/mol. The van der Waals surface area contributed by atoms with E-state index in [1.165, 1.54) is 26.2 Å². The van der Waals surface area contributed by atoms with Gasteiger partial charge in [-0.3, -0.25) is 14.4 Å². The van der Waals surface area contributed by atoms with Crippen molar-refractivity contribution in [1.29, 1.82) is 0 Å². The van der Waals surface area contributed by atoms with Gasteiger partial charge >= 0.3 is 5.97 Å². The zero-order valence-electron chi connectivity index (χ0n) is 17.0. The highest BCUT2D eigenvalue weighted by Crippen LogP contribution is 2.36. The predicted octanol–water partition coefficient (Wildman–Crippen LogP) is 2.49. The number of rotatable bonds is 8. The molecule has 8 nitrogen and oxygen atoms in total. The first kappa shape index (κ1) is 21.2. The highest BCUT2D eigenvalue weighted by Gasteiger charge is 2.37. The molecule has 0 saturated carbocycles. The predicted molar refractivity (Wildman–Crippen MR) is 108 cm³/mol. The maximum absolute atomic E-state index is 12.5. The first-order chi connectivity index (χ1) is 14.5. The third-order valence-electron chi connectivity index (χ3n) is 4.87. The largest absolute Gasteiger partial charge is 0.497 e. The zero-order chi connectivity index (χ0) is 21.7. The van der Waals surface area contributed by atoms with Crippen molar-refractivity contribution in [2.24, 2.45) is 5.92 Å². The number of hydrogen-bond acceptors (Lipinski definition) is 7. The van der Waals surface area contributed by atoms with Gasteiger partial charge in [0.25, 0.3) is 0 Å². The average Bonchev–Trinajstić information content (AvgIpc) is 3.18. The maximum atomic E-state index is 12.5. The number of methoxy groups -OCH3 is 3. The van der Waals surface area contributed by atoms with Crippen molar-refractivity contribution in [2.45, 2.75) is 6.42 Å². The zero-order valence-corrected chi connectivity index (χ0v) is 17.0.